The van der Waals surface area contributed by atoms with E-state index in [-0.39, 0.29) is 46.3 Å². The van der Waals surface area contributed by atoms with Gasteiger partial charge in [0.05, 0.1) is 16.7 Å². The second-order valence-corrected chi connectivity index (χ2v) is 10.8. The number of benzene rings is 3. The molecule has 6 nitrogen and oxygen atoms in total. The molecule has 1 aliphatic carbocycles. The topological polar surface area (TPSA) is 96.3 Å². The molecule has 0 bridgehead atoms. The number of nitriles is 1. The largest absolute Gasteiger partial charge is 0.487 e. The third-order valence-electron chi connectivity index (χ3n) is 6.59. The van der Waals surface area contributed by atoms with E-state index in [1.54, 1.807) is 42.5 Å². The van der Waals surface area contributed by atoms with Gasteiger partial charge in [-0.15, -0.1) is 0 Å². The Kier molecular flexibility index (Phi) is 9.33. The number of ketones is 2. The van der Waals surface area contributed by atoms with Crippen LogP contribution in [-0.2, 0) is 17.6 Å². The van der Waals surface area contributed by atoms with Crippen molar-refractivity contribution in [3.8, 4) is 11.8 Å². The molecule has 1 N–H and O–H groups in total. The molecule has 0 heterocycles. The molecule has 3 aromatic rings. The molecule has 1 saturated carbocycles. The number of rotatable bonds is 12. The van der Waals surface area contributed by atoms with Crippen molar-refractivity contribution in [3.05, 3.63) is 92.4 Å². The first-order valence-corrected chi connectivity index (χ1v) is 13.6. The fourth-order valence-electron chi connectivity index (χ4n) is 4.17. The van der Waals surface area contributed by atoms with Gasteiger partial charge in [0, 0.05) is 28.6 Å². The molecule has 0 spiro atoms. The van der Waals surface area contributed by atoms with Crippen LogP contribution in [0.25, 0.3) is 0 Å². The minimum absolute atomic E-state index is 0.00118. The third-order valence-corrected chi connectivity index (χ3v) is 7.45. The van der Waals surface area contributed by atoms with Crippen LogP contribution in [0.2, 0.25) is 5.02 Å². The molecular weight excluding hydrogens is 606 g/mol. The lowest BCUT2D eigenvalue weighted by Gasteiger charge is -2.14. The second-order valence-electron chi connectivity index (χ2n) is 9.52. The lowest BCUT2D eigenvalue weighted by atomic mass is 9.95. The predicted octanol–water partition coefficient (Wildman–Crippen LogP) is 7.23. The molecule has 1 aliphatic rings. The molecular formula is C30H24BrClF2N2O4. The first-order chi connectivity index (χ1) is 19.1. The highest BCUT2D eigenvalue weighted by Crippen LogP contribution is 2.46. The second kappa shape index (κ2) is 12.7. The molecule has 206 valence electrons. The van der Waals surface area contributed by atoms with Crippen molar-refractivity contribution in [3.63, 3.8) is 0 Å². The van der Waals surface area contributed by atoms with Gasteiger partial charge in [-0.1, -0.05) is 39.7 Å². The molecule has 0 saturated heterocycles. The van der Waals surface area contributed by atoms with Crippen LogP contribution in [0.1, 0.15) is 51.1 Å². The maximum atomic E-state index is 13.2. The van der Waals surface area contributed by atoms with Gasteiger partial charge in [0.25, 0.3) is 12.3 Å². The SMILES string of the molecule is N#CC1(C(=O)CCc2ccc(Cl)c(C(=O)Cc3ccc(OCC(F)F)c(C(=O)Nc4ccc(Br)cc4)c3)c2)CC1. The number of hydrogen-bond acceptors (Lipinski definition) is 5. The summed E-state index contributed by atoms with van der Waals surface area (Å²) >= 11 is 9.63. The van der Waals surface area contributed by atoms with Crippen LogP contribution in [0, 0.1) is 16.7 Å². The number of aryl methyl sites for hydroxylation is 1. The monoisotopic (exact) mass is 628 g/mol. The summed E-state index contributed by atoms with van der Waals surface area (Å²) in [6.07, 6.45) is -1.12. The van der Waals surface area contributed by atoms with Crippen LogP contribution in [-0.4, -0.2) is 30.5 Å². The van der Waals surface area contributed by atoms with Crippen LogP contribution >= 0.6 is 27.5 Å². The zero-order valence-corrected chi connectivity index (χ0v) is 23.5. The maximum Gasteiger partial charge on any atom is 0.272 e. The van der Waals surface area contributed by atoms with Crippen molar-refractivity contribution < 1.29 is 27.9 Å². The van der Waals surface area contributed by atoms with E-state index < -0.39 is 24.4 Å². The molecule has 1 amide bonds. The van der Waals surface area contributed by atoms with Gasteiger partial charge in [0.1, 0.15) is 17.8 Å². The number of nitrogens with one attached hydrogen (secondary N) is 1. The van der Waals surface area contributed by atoms with Crippen molar-refractivity contribution in [2.24, 2.45) is 5.41 Å². The van der Waals surface area contributed by atoms with Gasteiger partial charge in [0.15, 0.2) is 11.6 Å². The molecule has 40 heavy (non-hydrogen) atoms. The molecule has 0 radical (unpaired) electrons. The number of carbonyl (C=O) groups excluding carboxylic acids is 3. The van der Waals surface area contributed by atoms with Crippen LogP contribution in [0.5, 0.6) is 5.75 Å². The summed E-state index contributed by atoms with van der Waals surface area (Å²) in [5.41, 5.74) is 1.08. The quantitative estimate of drug-likeness (QED) is 0.213. The van der Waals surface area contributed by atoms with Crippen LogP contribution < -0.4 is 10.1 Å². The van der Waals surface area contributed by atoms with Gasteiger partial charge in [-0.25, -0.2) is 8.78 Å². The summed E-state index contributed by atoms with van der Waals surface area (Å²) in [5.74, 6) is -1.05. The average Bonchev–Trinajstić information content (AvgIpc) is 3.74. The van der Waals surface area contributed by atoms with Crippen LogP contribution in [0.4, 0.5) is 14.5 Å². The maximum absolute atomic E-state index is 13.2. The molecule has 10 heteroatoms. The summed E-state index contributed by atoms with van der Waals surface area (Å²) in [6, 6.07) is 18.2. The molecule has 0 aromatic heterocycles. The van der Waals surface area contributed by atoms with Crippen molar-refractivity contribution in [1.82, 2.24) is 0 Å². The minimum atomic E-state index is -2.73. The number of anilines is 1. The number of Topliss-reactive ketones (excluding diaryl/α,β-unsaturated/α-hetero) is 2. The van der Waals surface area contributed by atoms with E-state index in [0.717, 1.165) is 10.0 Å². The summed E-state index contributed by atoms with van der Waals surface area (Å²) in [4.78, 5) is 38.7. The molecule has 0 atom stereocenters. The Morgan fingerprint density at radius 3 is 2.35 bits per heavy atom. The number of hydrogen-bond donors (Lipinski definition) is 1. The Balaban J connectivity index is 1.51. The van der Waals surface area contributed by atoms with Crippen molar-refractivity contribution in [1.29, 1.82) is 5.26 Å². The van der Waals surface area contributed by atoms with E-state index in [2.05, 4.69) is 27.3 Å². The number of nitrogens with zero attached hydrogens (tertiary/aromatic N) is 1. The van der Waals surface area contributed by atoms with E-state index in [0.29, 0.717) is 30.5 Å². The number of halogens is 4. The van der Waals surface area contributed by atoms with Gasteiger partial charge in [-0.3, -0.25) is 14.4 Å². The van der Waals surface area contributed by atoms with Gasteiger partial charge < -0.3 is 10.1 Å². The standard InChI is InChI=1S/C30H24BrClF2N2O4/c31-20-4-6-21(7-5-20)36-29(39)23-14-19(2-9-26(23)40-16-28(33)34)15-25(37)22-13-18(1-8-24(22)32)3-10-27(38)30(17-35)11-12-30/h1-2,4-9,13-14,28H,3,10-12,15-16H2,(H,36,39). The molecule has 4 rings (SSSR count). The van der Waals surface area contributed by atoms with Gasteiger partial charge in [0.2, 0.25) is 0 Å². The lowest BCUT2D eigenvalue weighted by molar-refractivity contribution is -0.122. The lowest BCUT2D eigenvalue weighted by Crippen LogP contribution is -2.16. The normalized spacial score (nSPS) is 13.4. The van der Waals surface area contributed by atoms with Gasteiger partial charge in [-0.05, 0) is 78.9 Å². The smallest absolute Gasteiger partial charge is 0.272 e. The Hall–Kier alpha value is -3.61. The summed E-state index contributed by atoms with van der Waals surface area (Å²) in [5, 5.41) is 12.2. The number of alkyl halides is 2. The van der Waals surface area contributed by atoms with Gasteiger partial charge in [-0.2, -0.15) is 5.26 Å². The van der Waals surface area contributed by atoms with E-state index in [1.165, 1.54) is 18.2 Å². The predicted molar refractivity (Wildman–Crippen MR) is 150 cm³/mol. The first-order valence-electron chi connectivity index (χ1n) is 12.5. The Labute approximate surface area is 243 Å². The van der Waals surface area contributed by atoms with E-state index in [9.17, 15) is 28.4 Å². The first kappa shape index (κ1) is 29.4. The summed E-state index contributed by atoms with van der Waals surface area (Å²) in [6.45, 7) is -0.892. The zero-order valence-electron chi connectivity index (χ0n) is 21.2. The molecule has 3 aromatic carbocycles. The Morgan fingerprint density at radius 1 is 1.02 bits per heavy atom. The van der Waals surface area contributed by atoms with E-state index in [1.807, 2.05) is 0 Å². The summed E-state index contributed by atoms with van der Waals surface area (Å²) < 4.78 is 31.6. The fourth-order valence-corrected chi connectivity index (χ4v) is 4.66. The Morgan fingerprint density at radius 2 is 1.70 bits per heavy atom. The van der Waals surface area contributed by atoms with Crippen molar-refractivity contribution in [2.45, 2.75) is 38.5 Å². The van der Waals surface area contributed by atoms with Crippen molar-refractivity contribution in [2.75, 3.05) is 11.9 Å². The highest BCUT2D eigenvalue weighted by atomic mass is 79.9. The number of amides is 1. The molecule has 0 unspecified atom stereocenters. The third kappa shape index (κ3) is 7.32. The highest BCUT2D eigenvalue weighted by molar-refractivity contribution is 9.10. The van der Waals surface area contributed by atoms with Crippen LogP contribution in [0.3, 0.4) is 0 Å². The Bertz CT molecular complexity index is 1480. The average molecular weight is 630 g/mol. The zero-order chi connectivity index (χ0) is 28.9. The van der Waals surface area contributed by atoms with Crippen molar-refractivity contribution >= 4 is 50.7 Å². The summed E-state index contributed by atoms with van der Waals surface area (Å²) in [7, 11) is 0. The fraction of sp³-hybridized carbons (Fsp3) is 0.267. The van der Waals surface area contributed by atoms with Crippen LogP contribution in [0.15, 0.2) is 65.1 Å². The number of carbonyl (C=O) groups is 3. The number of ether oxygens (including phenoxy) is 1. The molecule has 1 fully saturated rings. The van der Waals surface area contributed by atoms with Gasteiger partial charge >= 0.3 is 0 Å². The minimum Gasteiger partial charge on any atom is -0.487 e. The van der Waals surface area contributed by atoms with E-state index >= 15 is 0 Å². The van der Waals surface area contributed by atoms with E-state index in [4.69, 9.17) is 16.3 Å². The molecule has 0 aliphatic heterocycles. The highest BCUT2D eigenvalue weighted by Gasteiger charge is 2.49.